The smallest absolute Gasteiger partial charge is 0.330 e. The number of amides is 2. The molecule has 0 bridgehead atoms. The lowest BCUT2D eigenvalue weighted by Gasteiger charge is -2.24. The third kappa shape index (κ3) is 4.77. The summed E-state index contributed by atoms with van der Waals surface area (Å²) in [4.78, 5) is 64.4. The molecule has 2 amide bonds. The van der Waals surface area contributed by atoms with Crippen LogP contribution in [0.5, 0.6) is 0 Å². The number of esters is 2. The van der Waals surface area contributed by atoms with Gasteiger partial charge in [0.2, 0.25) is 12.2 Å². The first-order valence-corrected chi connectivity index (χ1v) is 7.64. The molecule has 9 heteroatoms. The van der Waals surface area contributed by atoms with Gasteiger partial charge in [0.25, 0.3) is 0 Å². The average molecular weight is 357 g/mol. The molecule has 0 aromatic carbocycles. The zero-order valence-corrected chi connectivity index (χ0v) is 15.4. The summed E-state index contributed by atoms with van der Waals surface area (Å²) >= 11 is 0. The van der Waals surface area contributed by atoms with Crippen LogP contribution in [0, 0.1) is 10.8 Å². The Hall–Kier alpha value is -2.45. The van der Waals surface area contributed by atoms with E-state index < -0.39 is 52.8 Å². The molecular formula is C16H23NO8. The van der Waals surface area contributed by atoms with Gasteiger partial charge in [-0.05, 0) is 41.5 Å². The maximum Gasteiger partial charge on any atom is 0.330 e. The topological polar surface area (TPSA) is 116 Å². The van der Waals surface area contributed by atoms with E-state index in [1.54, 1.807) is 41.5 Å². The summed E-state index contributed by atoms with van der Waals surface area (Å²) < 4.78 is 10.2. The molecule has 0 saturated carbocycles. The van der Waals surface area contributed by atoms with Gasteiger partial charge in [0, 0.05) is 6.92 Å². The quantitative estimate of drug-likeness (QED) is 0.536. The van der Waals surface area contributed by atoms with Crippen molar-refractivity contribution in [2.24, 2.45) is 10.8 Å². The molecule has 1 fully saturated rings. The van der Waals surface area contributed by atoms with Crippen LogP contribution in [0.3, 0.4) is 0 Å². The van der Waals surface area contributed by atoms with Crippen molar-refractivity contribution >= 4 is 29.7 Å². The van der Waals surface area contributed by atoms with Crippen LogP contribution in [0.25, 0.3) is 0 Å². The fourth-order valence-electron chi connectivity index (χ4n) is 1.63. The molecule has 0 aromatic rings. The molecule has 0 aromatic heterocycles. The minimum absolute atomic E-state index is 0.156. The third-order valence-electron chi connectivity index (χ3n) is 3.07. The van der Waals surface area contributed by atoms with Crippen LogP contribution in [-0.2, 0) is 38.3 Å². The second-order valence-electron chi connectivity index (χ2n) is 7.71. The highest BCUT2D eigenvalue weighted by atomic mass is 16.7. The molecule has 25 heavy (non-hydrogen) atoms. The van der Waals surface area contributed by atoms with Crippen LogP contribution >= 0.6 is 0 Å². The number of hydroxylamine groups is 2. The van der Waals surface area contributed by atoms with E-state index in [4.69, 9.17) is 9.47 Å². The second-order valence-corrected chi connectivity index (χ2v) is 7.71. The second kappa shape index (κ2) is 6.81. The molecule has 0 aliphatic carbocycles. The maximum atomic E-state index is 12.3. The van der Waals surface area contributed by atoms with Gasteiger partial charge in [-0.2, -0.15) is 0 Å². The predicted octanol–water partition coefficient (Wildman–Crippen LogP) is 0.749. The van der Waals surface area contributed by atoms with Crippen molar-refractivity contribution in [1.82, 2.24) is 5.06 Å². The molecule has 0 spiro atoms. The van der Waals surface area contributed by atoms with Crippen LogP contribution in [-0.4, -0.2) is 47.0 Å². The largest absolute Gasteiger partial charge is 0.447 e. The van der Waals surface area contributed by atoms with Gasteiger partial charge in [-0.25, -0.2) is 4.79 Å². The molecule has 2 atom stereocenters. The minimum atomic E-state index is -1.72. The van der Waals surface area contributed by atoms with Gasteiger partial charge in [-0.3, -0.25) is 19.2 Å². The van der Waals surface area contributed by atoms with E-state index in [-0.39, 0.29) is 5.06 Å². The van der Waals surface area contributed by atoms with Crippen LogP contribution in [0.1, 0.15) is 48.5 Å². The molecule has 1 saturated heterocycles. The van der Waals surface area contributed by atoms with Crippen LogP contribution in [0.15, 0.2) is 0 Å². The van der Waals surface area contributed by atoms with Gasteiger partial charge < -0.3 is 14.3 Å². The van der Waals surface area contributed by atoms with Gasteiger partial charge in [-0.15, -0.1) is 0 Å². The van der Waals surface area contributed by atoms with Gasteiger partial charge in [0.1, 0.15) is 0 Å². The Kier molecular flexibility index (Phi) is 5.61. The fraction of sp³-hybridized carbons (Fsp3) is 0.688. The van der Waals surface area contributed by atoms with Gasteiger partial charge in [-0.1, -0.05) is 5.06 Å². The Morgan fingerprint density at radius 1 is 0.800 bits per heavy atom. The first-order chi connectivity index (χ1) is 11.2. The summed E-state index contributed by atoms with van der Waals surface area (Å²) in [5.74, 6) is -4.67. The summed E-state index contributed by atoms with van der Waals surface area (Å²) in [6.45, 7) is 10.3. The average Bonchev–Trinajstić information content (AvgIpc) is 2.62. The monoisotopic (exact) mass is 357 g/mol. The summed E-state index contributed by atoms with van der Waals surface area (Å²) in [5.41, 5.74) is -1.92. The predicted molar refractivity (Wildman–Crippen MR) is 82.3 cm³/mol. The molecule has 0 radical (unpaired) electrons. The van der Waals surface area contributed by atoms with Crippen LogP contribution < -0.4 is 0 Å². The Labute approximate surface area is 145 Å². The van der Waals surface area contributed by atoms with Crippen molar-refractivity contribution < 1.29 is 38.3 Å². The van der Waals surface area contributed by atoms with Crippen molar-refractivity contribution in [2.45, 2.75) is 60.7 Å². The Balaban J connectivity index is 3.15. The normalized spacial score (nSPS) is 21.2. The lowest BCUT2D eigenvalue weighted by Crippen LogP contribution is -2.42. The van der Waals surface area contributed by atoms with Gasteiger partial charge in [0.05, 0.1) is 10.8 Å². The van der Waals surface area contributed by atoms with Crippen molar-refractivity contribution in [3.8, 4) is 0 Å². The number of ether oxygens (including phenoxy) is 2. The standard InChI is InChI=1S/C16H23NO8/c1-8(18)25-17-11(19)9(23-13(21)15(2,3)4)10(12(17)20)24-14(22)16(5,6)7/h9-10H,1-7H3. The van der Waals surface area contributed by atoms with Crippen molar-refractivity contribution in [1.29, 1.82) is 0 Å². The molecule has 1 heterocycles. The van der Waals surface area contributed by atoms with Crippen molar-refractivity contribution in [2.75, 3.05) is 0 Å². The zero-order chi connectivity index (χ0) is 19.7. The Bertz CT molecular complexity index is 565. The molecular weight excluding hydrogens is 334 g/mol. The van der Waals surface area contributed by atoms with Crippen molar-refractivity contribution in [3.05, 3.63) is 0 Å². The molecule has 2 unspecified atom stereocenters. The number of carbonyl (C=O) groups excluding carboxylic acids is 5. The highest BCUT2D eigenvalue weighted by molar-refractivity contribution is 6.09. The van der Waals surface area contributed by atoms with E-state index in [9.17, 15) is 24.0 Å². The van der Waals surface area contributed by atoms with Crippen molar-refractivity contribution in [3.63, 3.8) is 0 Å². The lowest BCUT2D eigenvalue weighted by atomic mass is 9.97. The highest BCUT2D eigenvalue weighted by Crippen LogP contribution is 2.27. The number of imide groups is 1. The minimum Gasteiger partial charge on any atom is -0.447 e. The first kappa shape index (κ1) is 20.6. The summed E-state index contributed by atoms with van der Waals surface area (Å²) in [6, 6.07) is 0. The van der Waals surface area contributed by atoms with Crippen LogP contribution in [0.2, 0.25) is 0 Å². The first-order valence-electron chi connectivity index (χ1n) is 7.64. The van der Waals surface area contributed by atoms with Gasteiger partial charge >= 0.3 is 29.7 Å². The number of hydrogen-bond donors (Lipinski definition) is 0. The van der Waals surface area contributed by atoms with Crippen LogP contribution in [0.4, 0.5) is 0 Å². The van der Waals surface area contributed by atoms with E-state index in [0.29, 0.717) is 0 Å². The Morgan fingerprint density at radius 3 is 1.36 bits per heavy atom. The third-order valence-corrected chi connectivity index (χ3v) is 3.07. The number of rotatable bonds is 3. The molecule has 1 aliphatic heterocycles. The van der Waals surface area contributed by atoms with E-state index >= 15 is 0 Å². The summed E-state index contributed by atoms with van der Waals surface area (Å²) in [5, 5.41) is 0.156. The lowest BCUT2D eigenvalue weighted by molar-refractivity contribution is -0.199. The molecule has 0 N–H and O–H groups in total. The number of hydrogen-bond acceptors (Lipinski definition) is 8. The van der Waals surface area contributed by atoms with E-state index in [1.807, 2.05) is 0 Å². The van der Waals surface area contributed by atoms with E-state index in [0.717, 1.165) is 6.92 Å². The summed E-state index contributed by atoms with van der Waals surface area (Å²) in [6.07, 6.45) is -3.44. The molecule has 140 valence electrons. The molecule has 1 aliphatic rings. The molecule has 9 nitrogen and oxygen atoms in total. The SMILES string of the molecule is CC(=O)ON1C(=O)C(OC(=O)C(C)(C)C)C(OC(=O)C(C)(C)C)C1=O. The molecule has 1 rings (SSSR count). The van der Waals surface area contributed by atoms with Gasteiger partial charge in [0.15, 0.2) is 0 Å². The van der Waals surface area contributed by atoms with E-state index in [1.165, 1.54) is 0 Å². The summed E-state index contributed by atoms with van der Waals surface area (Å²) in [7, 11) is 0. The zero-order valence-electron chi connectivity index (χ0n) is 15.4. The Morgan fingerprint density at radius 2 is 1.12 bits per heavy atom. The highest BCUT2D eigenvalue weighted by Gasteiger charge is 2.56. The number of nitrogens with zero attached hydrogens (tertiary/aromatic N) is 1. The maximum absolute atomic E-state index is 12.3. The van der Waals surface area contributed by atoms with E-state index in [2.05, 4.69) is 4.84 Å². The number of carbonyl (C=O) groups is 5. The fourth-order valence-corrected chi connectivity index (χ4v) is 1.63.